The second-order valence-corrected chi connectivity index (χ2v) is 7.71. The van der Waals surface area contributed by atoms with Crippen molar-refractivity contribution in [2.24, 2.45) is 0 Å². The molecule has 3 nitrogen and oxygen atoms in total. The zero-order valence-corrected chi connectivity index (χ0v) is 14.6. The van der Waals surface area contributed by atoms with Gasteiger partial charge in [-0.15, -0.1) is 0 Å². The summed E-state index contributed by atoms with van der Waals surface area (Å²) in [5.41, 5.74) is -4.72. The second-order valence-electron chi connectivity index (χ2n) is 4.51. The average Bonchev–Trinajstić information content (AvgIpc) is 2.44. The van der Waals surface area contributed by atoms with Gasteiger partial charge >= 0.3 is 5.51 Å². The van der Waals surface area contributed by atoms with Gasteiger partial charge in [-0.25, -0.2) is 8.42 Å². The van der Waals surface area contributed by atoms with Gasteiger partial charge in [-0.3, -0.25) is 0 Å². The summed E-state index contributed by atoms with van der Waals surface area (Å²) in [6.07, 6.45) is 0. The van der Waals surface area contributed by atoms with E-state index in [1.54, 1.807) is 25.1 Å². The van der Waals surface area contributed by atoms with E-state index < -0.39 is 20.2 Å². The topological polar surface area (TPSA) is 43.4 Å². The van der Waals surface area contributed by atoms with Crippen LogP contribution >= 0.6 is 27.5 Å². The minimum atomic E-state index is -5.41. The van der Waals surface area contributed by atoms with Crippen molar-refractivity contribution < 1.29 is 26.3 Å². The molecule has 0 saturated heterocycles. The summed E-state index contributed by atoms with van der Waals surface area (Å²) in [7, 11) is -5.41. The molecule has 0 spiro atoms. The van der Waals surface area contributed by atoms with Crippen molar-refractivity contribution in [2.75, 3.05) is 0 Å². The zero-order valence-electron chi connectivity index (χ0n) is 11.5. The number of benzene rings is 2. The van der Waals surface area contributed by atoms with E-state index in [0.29, 0.717) is 16.3 Å². The van der Waals surface area contributed by atoms with E-state index in [0.717, 1.165) is 18.2 Å². The molecular weight excluding hydrogens is 421 g/mol. The Balaban J connectivity index is 2.40. The average molecular weight is 430 g/mol. The quantitative estimate of drug-likeness (QED) is 0.647. The van der Waals surface area contributed by atoms with E-state index in [-0.39, 0.29) is 10.2 Å². The molecule has 0 heterocycles. The molecule has 0 aliphatic rings. The first-order valence-electron chi connectivity index (χ1n) is 6.08. The van der Waals surface area contributed by atoms with Crippen molar-refractivity contribution in [3.63, 3.8) is 0 Å². The van der Waals surface area contributed by atoms with Crippen molar-refractivity contribution in [1.29, 1.82) is 0 Å². The van der Waals surface area contributed by atoms with Crippen molar-refractivity contribution in [3.8, 4) is 11.5 Å². The Kier molecular flexibility index (Phi) is 4.98. The van der Waals surface area contributed by atoms with Gasteiger partial charge in [-0.05, 0) is 53.2 Å². The molecule has 0 radical (unpaired) electrons. The first kappa shape index (κ1) is 18.1. The van der Waals surface area contributed by atoms with Crippen LogP contribution in [0, 0.1) is 6.92 Å². The largest absolute Gasteiger partial charge is 0.501 e. The van der Waals surface area contributed by atoms with E-state index >= 15 is 0 Å². The number of halogens is 5. The Bertz CT molecular complexity index is 851. The van der Waals surface area contributed by atoms with Gasteiger partial charge in [-0.2, -0.15) is 13.2 Å². The molecule has 0 unspecified atom stereocenters. The van der Waals surface area contributed by atoms with Gasteiger partial charge < -0.3 is 4.74 Å². The van der Waals surface area contributed by atoms with Gasteiger partial charge in [0.05, 0.1) is 9.37 Å². The first-order chi connectivity index (χ1) is 10.5. The van der Waals surface area contributed by atoms with Crippen molar-refractivity contribution in [3.05, 3.63) is 51.5 Å². The number of ether oxygens (including phenoxy) is 1. The SMILES string of the molecule is Cc1c(Cl)cccc1Oc1ccc(S(=O)(=O)C(F)(F)F)cc1Br. The number of hydrogen-bond donors (Lipinski definition) is 0. The molecule has 0 saturated carbocycles. The third kappa shape index (κ3) is 3.64. The molecule has 124 valence electrons. The summed E-state index contributed by atoms with van der Waals surface area (Å²) < 4.78 is 66.0. The highest BCUT2D eigenvalue weighted by Crippen LogP contribution is 2.37. The molecular formula is C14H9BrClF3O3S. The molecule has 0 bridgehead atoms. The summed E-state index contributed by atoms with van der Waals surface area (Å²) in [5, 5.41) is 0.467. The summed E-state index contributed by atoms with van der Waals surface area (Å²) in [6.45, 7) is 1.72. The summed E-state index contributed by atoms with van der Waals surface area (Å²) >= 11 is 8.98. The van der Waals surface area contributed by atoms with Crippen LogP contribution in [0.15, 0.2) is 45.8 Å². The number of alkyl halides is 3. The van der Waals surface area contributed by atoms with Crippen LogP contribution < -0.4 is 4.74 Å². The number of hydrogen-bond acceptors (Lipinski definition) is 3. The predicted octanol–water partition coefficient (Wildman–Crippen LogP) is 5.50. The minimum absolute atomic E-state index is 0.0715. The van der Waals surface area contributed by atoms with Gasteiger partial charge in [-0.1, -0.05) is 17.7 Å². The Labute approximate surface area is 144 Å². The van der Waals surface area contributed by atoms with Gasteiger partial charge in [0.1, 0.15) is 11.5 Å². The van der Waals surface area contributed by atoms with Crippen LogP contribution in [-0.4, -0.2) is 13.9 Å². The fourth-order valence-electron chi connectivity index (χ4n) is 1.68. The van der Waals surface area contributed by atoms with E-state index in [1.165, 1.54) is 0 Å². The lowest BCUT2D eigenvalue weighted by molar-refractivity contribution is -0.0436. The van der Waals surface area contributed by atoms with Crippen LogP contribution in [0.3, 0.4) is 0 Å². The molecule has 0 atom stereocenters. The van der Waals surface area contributed by atoms with Crippen LogP contribution in [0.1, 0.15) is 5.56 Å². The molecule has 23 heavy (non-hydrogen) atoms. The van der Waals surface area contributed by atoms with Gasteiger partial charge in [0.2, 0.25) is 0 Å². The Morgan fingerprint density at radius 2 is 1.78 bits per heavy atom. The molecule has 2 aromatic rings. The Morgan fingerprint density at radius 3 is 2.35 bits per heavy atom. The van der Waals surface area contributed by atoms with Gasteiger partial charge in [0.15, 0.2) is 0 Å². The maximum absolute atomic E-state index is 12.5. The molecule has 0 aliphatic heterocycles. The third-order valence-corrected chi connectivity index (χ3v) is 5.47. The van der Waals surface area contributed by atoms with Crippen LogP contribution in [0.2, 0.25) is 5.02 Å². The Morgan fingerprint density at radius 1 is 1.13 bits per heavy atom. The Hall–Kier alpha value is -1.25. The zero-order chi connectivity index (χ0) is 17.4. The molecule has 0 aliphatic carbocycles. The molecule has 2 aromatic carbocycles. The van der Waals surface area contributed by atoms with E-state index in [4.69, 9.17) is 16.3 Å². The smallest absolute Gasteiger partial charge is 0.456 e. The molecule has 0 N–H and O–H groups in total. The normalized spacial score (nSPS) is 12.3. The van der Waals surface area contributed by atoms with Crippen molar-refractivity contribution in [2.45, 2.75) is 17.3 Å². The van der Waals surface area contributed by atoms with E-state index in [2.05, 4.69) is 15.9 Å². The van der Waals surface area contributed by atoms with Crippen molar-refractivity contribution >= 4 is 37.4 Å². The maximum atomic E-state index is 12.5. The highest BCUT2D eigenvalue weighted by Gasteiger charge is 2.47. The molecule has 0 amide bonds. The molecule has 0 aromatic heterocycles. The monoisotopic (exact) mass is 428 g/mol. The fraction of sp³-hybridized carbons (Fsp3) is 0.143. The molecule has 2 rings (SSSR count). The first-order valence-corrected chi connectivity index (χ1v) is 8.73. The standard InChI is InChI=1S/C14H9BrClF3O3S/c1-8-11(16)3-2-4-12(8)22-13-6-5-9(7-10(13)15)23(20,21)14(17,18)19/h2-7H,1H3. The van der Waals surface area contributed by atoms with Crippen LogP contribution in [0.25, 0.3) is 0 Å². The maximum Gasteiger partial charge on any atom is 0.501 e. The predicted molar refractivity (Wildman–Crippen MR) is 83.6 cm³/mol. The minimum Gasteiger partial charge on any atom is -0.456 e. The van der Waals surface area contributed by atoms with Gasteiger partial charge in [0.25, 0.3) is 9.84 Å². The highest BCUT2D eigenvalue weighted by atomic mass is 79.9. The second kappa shape index (κ2) is 6.33. The lowest BCUT2D eigenvalue weighted by Crippen LogP contribution is -2.23. The highest BCUT2D eigenvalue weighted by molar-refractivity contribution is 9.10. The summed E-state index contributed by atoms with van der Waals surface area (Å²) in [6, 6.07) is 7.77. The summed E-state index contributed by atoms with van der Waals surface area (Å²) in [5.74, 6) is 0.570. The third-order valence-electron chi connectivity index (χ3n) is 2.96. The number of sulfone groups is 1. The van der Waals surface area contributed by atoms with Crippen LogP contribution in [0.4, 0.5) is 13.2 Å². The molecule has 9 heteroatoms. The lowest BCUT2D eigenvalue weighted by atomic mass is 10.2. The van der Waals surface area contributed by atoms with Gasteiger partial charge in [0, 0.05) is 10.6 Å². The lowest BCUT2D eigenvalue weighted by Gasteiger charge is -2.13. The van der Waals surface area contributed by atoms with Crippen LogP contribution in [-0.2, 0) is 9.84 Å². The molecule has 0 fully saturated rings. The van der Waals surface area contributed by atoms with E-state index in [1.807, 2.05) is 0 Å². The summed E-state index contributed by atoms with van der Waals surface area (Å²) in [4.78, 5) is -0.868. The van der Waals surface area contributed by atoms with Crippen molar-refractivity contribution in [1.82, 2.24) is 0 Å². The fourth-order valence-corrected chi connectivity index (χ4v) is 3.25. The van der Waals surface area contributed by atoms with Crippen LogP contribution in [0.5, 0.6) is 11.5 Å². The van der Waals surface area contributed by atoms with E-state index in [9.17, 15) is 21.6 Å². The number of rotatable bonds is 3.